The lowest BCUT2D eigenvalue weighted by Crippen LogP contribution is -2.44. The number of rotatable bonds is 5. The molecule has 1 aromatic rings. The average molecular weight is 385 g/mol. The van der Waals surface area contributed by atoms with E-state index in [4.69, 9.17) is 0 Å². The Morgan fingerprint density at radius 2 is 1.54 bits per heavy atom. The molecule has 0 unspecified atom stereocenters. The molecule has 0 aromatic heterocycles. The summed E-state index contributed by atoms with van der Waals surface area (Å²) >= 11 is 0. The van der Waals surface area contributed by atoms with Crippen molar-refractivity contribution >= 4 is 11.8 Å². The van der Waals surface area contributed by atoms with Gasteiger partial charge in [-0.3, -0.25) is 9.59 Å². The molecule has 154 valence electrons. The van der Waals surface area contributed by atoms with Gasteiger partial charge in [0.1, 0.15) is 0 Å². The predicted octanol–water partition coefficient (Wildman–Crippen LogP) is 4.49. The summed E-state index contributed by atoms with van der Waals surface area (Å²) in [6.45, 7) is 8.95. The number of carbonyl (C=O) groups excluding carboxylic acids is 2. The van der Waals surface area contributed by atoms with Crippen LogP contribution in [-0.2, 0) is 16.1 Å². The van der Waals surface area contributed by atoms with E-state index in [2.05, 4.69) is 37.8 Å². The highest BCUT2D eigenvalue weighted by Crippen LogP contribution is 2.33. The Bertz CT molecular complexity index is 642. The Morgan fingerprint density at radius 1 is 0.964 bits per heavy atom. The van der Waals surface area contributed by atoms with Crippen LogP contribution in [0.4, 0.5) is 0 Å². The largest absolute Gasteiger partial charge is 0.342 e. The molecule has 1 saturated heterocycles. The summed E-state index contributed by atoms with van der Waals surface area (Å²) in [6.07, 6.45) is 5.66. The first-order chi connectivity index (χ1) is 13.5. The van der Waals surface area contributed by atoms with Crippen molar-refractivity contribution in [2.24, 2.45) is 17.8 Å². The van der Waals surface area contributed by atoms with Gasteiger partial charge >= 0.3 is 0 Å². The van der Waals surface area contributed by atoms with Gasteiger partial charge in [0, 0.05) is 37.5 Å². The monoisotopic (exact) mass is 384 g/mol. The molecule has 1 aromatic carbocycles. The number of hydrogen-bond acceptors (Lipinski definition) is 2. The molecule has 4 heteroatoms. The van der Waals surface area contributed by atoms with Gasteiger partial charge in [-0.25, -0.2) is 0 Å². The van der Waals surface area contributed by atoms with Gasteiger partial charge < -0.3 is 9.80 Å². The number of likely N-dealkylation sites (tertiary alicyclic amines) is 1. The van der Waals surface area contributed by atoms with E-state index in [9.17, 15) is 9.59 Å². The van der Waals surface area contributed by atoms with Gasteiger partial charge in [-0.15, -0.1) is 0 Å². The average Bonchev–Trinajstić information content (AvgIpc) is 2.72. The number of benzene rings is 1. The Morgan fingerprint density at radius 3 is 2.11 bits per heavy atom. The fourth-order valence-corrected chi connectivity index (χ4v) is 4.60. The maximum atomic E-state index is 13.2. The number of hydrogen-bond donors (Lipinski definition) is 0. The van der Waals surface area contributed by atoms with Crippen LogP contribution in [0.2, 0.25) is 0 Å². The second-order valence-electron chi connectivity index (χ2n) is 9.10. The number of piperidine rings is 1. The van der Waals surface area contributed by atoms with Crippen molar-refractivity contribution < 1.29 is 9.59 Å². The normalized spacial score (nSPS) is 23.6. The van der Waals surface area contributed by atoms with Gasteiger partial charge in [0.25, 0.3) is 0 Å². The second kappa shape index (κ2) is 9.58. The Balaban J connectivity index is 1.54. The van der Waals surface area contributed by atoms with E-state index in [1.165, 1.54) is 5.56 Å². The van der Waals surface area contributed by atoms with Crippen molar-refractivity contribution in [2.75, 3.05) is 13.1 Å². The smallest absolute Gasteiger partial charge is 0.226 e. The molecule has 1 aliphatic carbocycles. The van der Waals surface area contributed by atoms with Gasteiger partial charge in [0.05, 0.1) is 0 Å². The summed E-state index contributed by atoms with van der Waals surface area (Å²) in [7, 11) is 0. The third-order valence-electron chi connectivity index (χ3n) is 6.62. The molecular formula is C24H36N2O2. The van der Waals surface area contributed by atoms with Gasteiger partial charge in [-0.05, 0) is 63.9 Å². The molecule has 4 nitrogen and oxygen atoms in total. The lowest BCUT2D eigenvalue weighted by atomic mass is 9.80. The molecule has 1 saturated carbocycles. The molecule has 0 radical (unpaired) electrons. The van der Waals surface area contributed by atoms with E-state index < -0.39 is 0 Å². The molecule has 0 bridgehead atoms. The van der Waals surface area contributed by atoms with Crippen LogP contribution in [0.1, 0.15) is 64.9 Å². The van der Waals surface area contributed by atoms with Crippen LogP contribution < -0.4 is 0 Å². The standard InChI is InChI=1S/C24H36N2O2/c1-18(2)26(17-20-7-5-4-6-8-20)24(28)22-11-9-21(10-12-22)23(27)25-15-13-19(3)14-16-25/h4-8,18-19,21-22H,9-17H2,1-3H3. The zero-order valence-electron chi connectivity index (χ0n) is 17.8. The quantitative estimate of drug-likeness (QED) is 0.750. The van der Waals surface area contributed by atoms with E-state index >= 15 is 0 Å². The first kappa shape index (κ1) is 20.9. The van der Waals surface area contributed by atoms with Crippen LogP contribution >= 0.6 is 0 Å². The zero-order chi connectivity index (χ0) is 20.1. The van der Waals surface area contributed by atoms with Crippen molar-refractivity contribution in [1.82, 2.24) is 9.80 Å². The molecule has 1 heterocycles. The highest BCUT2D eigenvalue weighted by molar-refractivity contribution is 5.81. The molecule has 3 rings (SSSR count). The van der Waals surface area contributed by atoms with Crippen LogP contribution in [0.3, 0.4) is 0 Å². The van der Waals surface area contributed by atoms with E-state index in [0.29, 0.717) is 12.5 Å². The molecule has 0 N–H and O–H groups in total. The SMILES string of the molecule is CC1CCN(C(=O)C2CCC(C(=O)N(Cc3ccccc3)C(C)C)CC2)CC1. The van der Waals surface area contributed by atoms with Crippen molar-refractivity contribution in [2.45, 2.75) is 71.9 Å². The topological polar surface area (TPSA) is 40.6 Å². The Kier molecular flexibility index (Phi) is 7.14. The molecule has 28 heavy (non-hydrogen) atoms. The van der Waals surface area contributed by atoms with Crippen LogP contribution in [0, 0.1) is 17.8 Å². The molecule has 2 amide bonds. The molecule has 1 aliphatic heterocycles. The van der Waals surface area contributed by atoms with Crippen molar-refractivity contribution in [1.29, 1.82) is 0 Å². The lowest BCUT2D eigenvalue weighted by Gasteiger charge is -2.37. The lowest BCUT2D eigenvalue weighted by molar-refractivity contribution is -0.143. The zero-order valence-corrected chi connectivity index (χ0v) is 17.8. The summed E-state index contributed by atoms with van der Waals surface area (Å²) < 4.78 is 0. The van der Waals surface area contributed by atoms with Crippen molar-refractivity contribution in [3.8, 4) is 0 Å². The van der Waals surface area contributed by atoms with Gasteiger partial charge in [0.2, 0.25) is 11.8 Å². The predicted molar refractivity (Wildman–Crippen MR) is 113 cm³/mol. The van der Waals surface area contributed by atoms with E-state index in [0.717, 1.165) is 57.5 Å². The minimum atomic E-state index is 0.0662. The third-order valence-corrected chi connectivity index (χ3v) is 6.62. The van der Waals surface area contributed by atoms with Crippen LogP contribution in [0.5, 0.6) is 0 Å². The van der Waals surface area contributed by atoms with E-state index in [1.54, 1.807) is 0 Å². The molecule has 0 spiro atoms. The Hall–Kier alpha value is -1.84. The fraction of sp³-hybridized carbons (Fsp3) is 0.667. The summed E-state index contributed by atoms with van der Waals surface area (Å²) in [5.74, 6) is 1.53. The van der Waals surface area contributed by atoms with Gasteiger partial charge in [0.15, 0.2) is 0 Å². The number of nitrogens with zero attached hydrogens (tertiary/aromatic N) is 2. The first-order valence-corrected chi connectivity index (χ1v) is 11.1. The molecular weight excluding hydrogens is 348 g/mol. The number of amides is 2. The maximum Gasteiger partial charge on any atom is 0.226 e. The van der Waals surface area contributed by atoms with Crippen molar-refractivity contribution in [3.63, 3.8) is 0 Å². The third kappa shape index (κ3) is 5.15. The minimum absolute atomic E-state index is 0.0662. The molecule has 2 aliphatic rings. The van der Waals surface area contributed by atoms with Crippen molar-refractivity contribution in [3.05, 3.63) is 35.9 Å². The number of carbonyl (C=O) groups is 2. The van der Waals surface area contributed by atoms with E-state index in [1.807, 2.05) is 23.1 Å². The summed E-state index contributed by atoms with van der Waals surface area (Å²) in [6, 6.07) is 10.4. The highest BCUT2D eigenvalue weighted by atomic mass is 16.2. The molecule has 0 atom stereocenters. The summed E-state index contributed by atoms with van der Waals surface area (Å²) in [5.41, 5.74) is 1.17. The highest BCUT2D eigenvalue weighted by Gasteiger charge is 2.35. The van der Waals surface area contributed by atoms with E-state index in [-0.39, 0.29) is 23.8 Å². The summed E-state index contributed by atoms with van der Waals surface area (Å²) in [4.78, 5) is 30.1. The second-order valence-corrected chi connectivity index (χ2v) is 9.10. The van der Waals surface area contributed by atoms with Gasteiger partial charge in [-0.2, -0.15) is 0 Å². The fourth-order valence-electron chi connectivity index (χ4n) is 4.60. The first-order valence-electron chi connectivity index (χ1n) is 11.1. The molecule has 2 fully saturated rings. The van der Waals surface area contributed by atoms with Crippen LogP contribution in [0.15, 0.2) is 30.3 Å². The Labute approximate surface area is 170 Å². The van der Waals surface area contributed by atoms with Crippen LogP contribution in [0.25, 0.3) is 0 Å². The minimum Gasteiger partial charge on any atom is -0.342 e. The summed E-state index contributed by atoms with van der Waals surface area (Å²) in [5, 5.41) is 0. The van der Waals surface area contributed by atoms with Crippen LogP contribution in [-0.4, -0.2) is 40.7 Å². The van der Waals surface area contributed by atoms with Gasteiger partial charge in [-0.1, -0.05) is 37.3 Å². The maximum absolute atomic E-state index is 13.2.